The number of benzene rings is 1. The third-order valence-electron chi connectivity index (χ3n) is 3.10. The van der Waals surface area contributed by atoms with E-state index in [4.69, 9.17) is 5.14 Å². The second-order valence-electron chi connectivity index (χ2n) is 4.87. The van der Waals surface area contributed by atoms with E-state index >= 15 is 0 Å². The summed E-state index contributed by atoms with van der Waals surface area (Å²) < 4.78 is 22.7. The Morgan fingerprint density at radius 3 is 2.64 bits per heavy atom. The second-order valence-corrected chi connectivity index (χ2v) is 6.43. The van der Waals surface area contributed by atoms with E-state index in [0.29, 0.717) is 6.54 Å². The van der Waals surface area contributed by atoms with Gasteiger partial charge in [0.05, 0.1) is 4.90 Å². The summed E-state index contributed by atoms with van der Waals surface area (Å²) >= 11 is 0. The van der Waals surface area contributed by atoms with Crippen molar-refractivity contribution in [3.05, 3.63) is 29.8 Å². The van der Waals surface area contributed by atoms with Crippen LogP contribution in [0, 0.1) is 0 Å². The Labute approximate surface area is 150 Å². The van der Waals surface area contributed by atoms with Crippen molar-refractivity contribution in [2.45, 2.75) is 31.2 Å². The fourth-order valence-electron chi connectivity index (χ4n) is 1.90. The van der Waals surface area contributed by atoms with E-state index < -0.39 is 10.0 Å². The number of hydrogen-bond acceptors (Lipinski definition) is 3. The standard InChI is InChI=1S/C14H24N4O2S.HI/c1-4-5-9-18(3)14(16-2)17-11-12-7-6-8-13(10-12)21(15,19)20;/h6-8,10H,4-5,9,11H2,1-3H3,(H,16,17)(H2,15,19,20);1H. The first kappa shape index (κ1) is 21.1. The number of unbranched alkanes of at least 4 members (excludes halogenated alkanes) is 1. The molecule has 0 radical (unpaired) electrons. The number of nitrogens with one attached hydrogen (secondary N) is 1. The minimum Gasteiger partial charge on any atom is -0.352 e. The summed E-state index contributed by atoms with van der Waals surface area (Å²) in [6.45, 7) is 3.56. The van der Waals surface area contributed by atoms with E-state index in [1.54, 1.807) is 19.2 Å². The molecule has 0 saturated heterocycles. The van der Waals surface area contributed by atoms with Crippen LogP contribution in [0.3, 0.4) is 0 Å². The number of rotatable bonds is 6. The molecule has 3 N–H and O–H groups in total. The van der Waals surface area contributed by atoms with Gasteiger partial charge in [0.1, 0.15) is 0 Å². The summed E-state index contributed by atoms with van der Waals surface area (Å²) in [7, 11) is 0.0394. The number of hydrogen-bond donors (Lipinski definition) is 2. The van der Waals surface area contributed by atoms with Crippen LogP contribution in [0.5, 0.6) is 0 Å². The van der Waals surface area contributed by atoms with Crippen molar-refractivity contribution in [3.63, 3.8) is 0 Å². The minimum absolute atomic E-state index is 0. The van der Waals surface area contributed by atoms with Gasteiger partial charge in [0, 0.05) is 27.2 Å². The van der Waals surface area contributed by atoms with Gasteiger partial charge in [0.2, 0.25) is 10.0 Å². The number of sulfonamides is 1. The predicted octanol–water partition coefficient (Wildman–Crippen LogP) is 1.76. The van der Waals surface area contributed by atoms with Crippen LogP contribution in [0.2, 0.25) is 0 Å². The molecule has 0 unspecified atom stereocenters. The Balaban J connectivity index is 0.00000441. The highest BCUT2D eigenvalue weighted by Crippen LogP contribution is 2.09. The molecule has 22 heavy (non-hydrogen) atoms. The molecule has 1 aromatic rings. The Bertz CT molecular complexity index is 590. The van der Waals surface area contributed by atoms with Gasteiger partial charge in [-0.15, -0.1) is 24.0 Å². The van der Waals surface area contributed by atoms with E-state index in [2.05, 4.69) is 17.2 Å². The molecule has 1 rings (SSSR count). The fraction of sp³-hybridized carbons (Fsp3) is 0.500. The zero-order valence-corrected chi connectivity index (χ0v) is 16.4. The van der Waals surface area contributed by atoms with Gasteiger partial charge in [-0.3, -0.25) is 4.99 Å². The first-order chi connectivity index (χ1) is 9.88. The van der Waals surface area contributed by atoms with Crippen LogP contribution in [-0.2, 0) is 16.6 Å². The quantitative estimate of drug-likeness (QED) is 0.401. The first-order valence-corrected chi connectivity index (χ1v) is 8.46. The van der Waals surface area contributed by atoms with E-state index in [0.717, 1.165) is 30.9 Å². The smallest absolute Gasteiger partial charge is 0.238 e. The highest BCUT2D eigenvalue weighted by molar-refractivity contribution is 14.0. The maximum atomic E-state index is 11.3. The van der Waals surface area contributed by atoms with Crippen LogP contribution in [0.1, 0.15) is 25.3 Å². The SMILES string of the molecule is CCCCN(C)C(=NC)NCc1cccc(S(N)(=O)=O)c1.I. The van der Waals surface area contributed by atoms with Crippen LogP contribution in [0.25, 0.3) is 0 Å². The molecule has 0 aliphatic rings. The summed E-state index contributed by atoms with van der Waals surface area (Å²) in [6, 6.07) is 6.59. The molecule has 0 aliphatic heterocycles. The third-order valence-corrected chi connectivity index (χ3v) is 4.01. The Kier molecular flexibility index (Phi) is 9.61. The van der Waals surface area contributed by atoms with Crippen LogP contribution in [0.4, 0.5) is 0 Å². The number of halogens is 1. The van der Waals surface area contributed by atoms with E-state index in [1.165, 1.54) is 6.07 Å². The second kappa shape index (κ2) is 10.0. The van der Waals surface area contributed by atoms with Crippen LogP contribution in [0.15, 0.2) is 34.2 Å². The Hall–Kier alpha value is -0.870. The number of primary sulfonamides is 1. The number of nitrogens with two attached hydrogens (primary N) is 1. The van der Waals surface area contributed by atoms with Gasteiger partial charge in [-0.1, -0.05) is 25.5 Å². The molecule has 0 bridgehead atoms. The lowest BCUT2D eigenvalue weighted by Gasteiger charge is -2.21. The van der Waals surface area contributed by atoms with Crippen LogP contribution in [-0.4, -0.2) is 39.9 Å². The van der Waals surface area contributed by atoms with E-state index in [-0.39, 0.29) is 28.9 Å². The van der Waals surface area contributed by atoms with Crippen molar-refractivity contribution >= 4 is 40.0 Å². The molecule has 0 amide bonds. The summed E-state index contributed by atoms with van der Waals surface area (Å²) in [5.41, 5.74) is 0.839. The van der Waals surface area contributed by atoms with Crippen molar-refractivity contribution in [2.24, 2.45) is 10.1 Å². The van der Waals surface area contributed by atoms with Crippen molar-refractivity contribution in [1.29, 1.82) is 0 Å². The summed E-state index contributed by atoms with van der Waals surface area (Å²) in [4.78, 5) is 6.39. The molecule has 1 aromatic carbocycles. The van der Waals surface area contributed by atoms with Gasteiger partial charge in [-0.25, -0.2) is 13.6 Å². The minimum atomic E-state index is -3.67. The lowest BCUT2D eigenvalue weighted by molar-refractivity contribution is 0.464. The molecule has 0 aromatic heterocycles. The zero-order valence-electron chi connectivity index (χ0n) is 13.2. The van der Waals surface area contributed by atoms with Crippen molar-refractivity contribution in [2.75, 3.05) is 20.6 Å². The summed E-state index contributed by atoms with van der Waals surface area (Å²) in [6.07, 6.45) is 2.22. The zero-order chi connectivity index (χ0) is 15.9. The summed E-state index contributed by atoms with van der Waals surface area (Å²) in [5, 5.41) is 8.34. The lowest BCUT2D eigenvalue weighted by atomic mass is 10.2. The van der Waals surface area contributed by atoms with Crippen molar-refractivity contribution in [1.82, 2.24) is 10.2 Å². The third kappa shape index (κ3) is 6.93. The van der Waals surface area contributed by atoms with Crippen molar-refractivity contribution in [3.8, 4) is 0 Å². The topological polar surface area (TPSA) is 87.8 Å². The van der Waals surface area contributed by atoms with Gasteiger partial charge in [-0.2, -0.15) is 0 Å². The van der Waals surface area contributed by atoms with Gasteiger partial charge in [-0.05, 0) is 24.1 Å². The molecule has 0 fully saturated rings. The average molecular weight is 440 g/mol. The molecular formula is C14H25IN4O2S. The monoisotopic (exact) mass is 440 g/mol. The molecule has 6 nitrogen and oxygen atoms in total. The maximum absolute atomic E-state index is 11.3. The van der Waals surface area contributed by atoms with E-state index in [1.807, 2.05) is 18.0 Å². The number of guanidine groups is 1. The molecule has 8 heteroatoms. The summed E-state index contributed by atoms with van der Waals surface area (Å²) in [5.74, 6) is 0.782. The predicted molar refractivity (Wildman–Crippen MR) is 101 cm³/mol. The average Bonchev–Trinajstić information content (AvgIpc) is 2.45. The van der Waals surface area contributed by atoms with Gasteiger partial charge < -0.3 is 10.2 Å². The largest absolute Gasteiger partial charge is 0.352 e. The van der Waals surface area contributed by atoms with Crippen LogP contribution >= 0.6 is 24.0 Å². The van der Waals surface area contributed by atoms with Gasteiger partial charge in [0.25, 0.3) is 0 Å². The molecule has 0 saturated carbocycles. The molecule has 0 atom stereocenters. The first-order valence-electron chi connectivity index (χ1n) is 6.92. The number of nitrogens with zero attached hydrogens (tertiary/aromatic N) is 2. The lowest BCUT2D eigenvalue weighted by Crippen LogP contribution is -2.39. The molecule has 0 heterocycles. The Morgan fingerprint density at radius 2 is 2.09 bits per heavy atom. The highest BCUT2D eigenvalue weighted by atomic mass is 127. The molecule has 0 aliphatic carbocycles. The fourth-order valence-corrected chi connectivity index (χ4v) is 2.48. The van der Waals surface area contributed by atoms with E-state index in [9.17, 15) is 8.42 Å². The van der Waals surface area contributed by atoms with Gasteiger partial charge >= 0.3 is 0 Å². The van der Waals surface area contributed by atoms with Crippen LogP contribution < -0.4 is 10.5 Å². The van der Waals surface area contributed by atoms with Gasteiger partial charge in [0.15, 0.2) is 5.96 Å². The molecule has 0 spiro atoms. The normalized spacial score (nSPS) is 11.7. The number of aliphatic imine (C=N–C) groups is 1. The highest BCUT2D eigenvalue weighted by Gasteiger charge is 2.09. The Morgan fingerprint density at radius 1 is 1.41 bits per heavy atom. The maximum Gasteiger partial charge on any atom is 0.238 e. The molecule has 126 valence electrons. The molecular weight excluding hydrogens is 415 g/mol. The van der Waals surface area contributed by atoms with Crippen molar-refractivity contribution < 1.29 is 8.42 Å².